The summed E-state index contributed by atoms with van der Waals surface area (Å²) in [5, 5.41) is 2.96. The summed E-state index contributed by atoms with van der Waals surface area (Å²) >= 11 is 0. The standard InChI is InChI=1S/C16H28N2O3S/c1-16(2)13-22(20,21)11-10-18(16)12-15(19)17-9-8-14-6-4-3-5-7-14/h6H,3-5,7-13H2,1-2H3,(H,17,19). The maximum absolute atomic E-state index is 12.1. The molecule has 0 radical (unpaired) electrons. The van der Waals surface area contributed by atoms with Gasteiger partial charge in [-0.25, -0.2) is 8.42 Å². The van der Waals surface area contributed by atoms with Gasteiger partial charge in [0, 0.05) is 18.6 Å². The quantitative estimate of drug-likeness (QED) is 0.777. The number of hydrogen-bond donors (Lipinski definition) is 1. The van der Waals surface area contributed by atoms with Crippen molar-refractivity contribution in [2.24, 2.45) is 0 Å². The Balaban J connectivity index is 1.76. The monoisotopic (exact) mass is 328 g/mol. The Morgan fingerprint density at radius 1 is 1.36 bits per heavy atom. The van der Waals surface area contributed by atoms with Crippen LogP contribution in [0.5, 0.6) is 0 Å². The van der Waals surface area contributed by atoms with Crippen molar-refractivity contribution in [3.63, 3.8) is 0 Å². The summed E-state index contributed by atoms with van der Waals surface area (Å²) in [4.78, 5) is 14.1. The number of sulfone groups is 1. The topological polar surface area (TPSA) is 66.5 Å². The second-order valence-electron chi connectivity index (χ2n) is 7.03. The average Bonchev–Trinajstić information content (AvgIpc) is 2.42. The molecular weight excluding hydrogens is 300 g/mol. The maximum atomic E-state index is 12.1. The molecule has 0 unspecified atom stereocenters. The molecule has 0 atom stereocenters. The minimum Gasteiger partial charge on any atom is -0.355 e. The van der Waals surface area contributed by atoms with E-state index in [1.165, 1.54) is 24.8 Å². The van der Waals surface area contributed by atoms with Gasteiger partial charge in [0.05, 0.1) is 18.1 Å². The zero-order chi connectivity index (χ0) is 16.2. The second kappa shape index (κ2) is 7.13. The molecule has 6 heteroatoms. The van der Waals surface area contributed by atoms with E-state index in [1.54, 1.807) is 0 Å². The Morgan fingerprint density at radius 2 is 2.14 bits per heavy atom. The summed E-state index contributed by atoms with van der Waals surface area (Å²) in [5.41, 5.74) is 0.983. The van der Waals surface area contributed by atoms with Gasteiger partial charge in [0.25, 0.3) is 0 Å². The predicted molar refractivity (Wildman–Crippen MR) is 88.5 cm³/mol. The fourth-order valence-corrected chi connectivity index (χ4v) is 5.17. The van der Waals surface area contributed by atoms with Crippen molar-refractivity contribution in [3.8, 4) is 0 Å². The van der Waals surface area contributed by atoms with Gasteiger partial charge in [-0.05, 0) is 46.0 Å². The largest absolute Gasteiger partial charge is 0.355 e. The number of allylic oxidation sites excluding steroid dienone is 1. The zero-order valence-corrected chi connectivity index (χ0v) is 14.5. The van der Waals surface area contributed by atoms with Crippen LogP contribution >= 0.6 is 0 Å². The molecule has 2 aliphatic rings. The fraction of sp³-hybridized carbons (Fsp3) is 0.812. The van der Waals surface area contributed by atoms with Crippen LogP contribution in [0, 0.1) is 0 Å². The lowest BCUT2D eigenvalue weighted by molar-refractivity contribution is -0.123. The minimum absolute atomic E-state index is 0.0104. The van der Waals surface area contributed by atoms with Crippen LogP contribution in [0.25, 0.3) is 0 Å². The molecule has 0 aromatic heterocycles. The van der Waals surface area contributed by atoms with E-state index < -0.39 is 15.4 Å². The highest BCUT2D eigenvalue weighted by Gasteiger charge is 2.38. The van der Waals surface area contributed by atoms with E-state index in [4.69, 9.17) is 0 Å². The Labute approximate surface area is 134 Å². The zero-order valence-electron chi connectivity index (χ0n) is 13.7. The molecule has 0 aromatic rings. The van der Waals surface area contributed by atoms with Gasteiger partial charge in [0.2, 0.25) is 5.91 Å². The Hall–Kier alpha value is -0.880. The number of nitrogens with zero attached hydrogens (tertiary/aromatic N) is 1. The number of carbonyl (C=O) groups is 1. The van der Waals surface area contributed by atoms with E-state index in [1.807, 2.05) is 18.7 Å². The van der Waals surface area contributed by atoms with E-state index in [2.05, 4.69) is 11.4 Å². The second-order valence-corrected chi connectivity index (χ2v) is 9.22. The molecule has 0 spiro atoms. The van der Waals surface area contributed by atoms with Gasteiger partial charge in [-0.15, -0.1) is 0 Å². The van der Waals surface area contributed by atoms with Gasteiger partial charge in [-0.2, -0.15) is 0 Å². The van der Waals surface area contributed by atoms with Crippen molar-refractivity contribution in [2.75, 3.05) is 31.1 Å². The highest BCUT2D eigenvalue weighted by atomic mass is 32.2. The Kier molecular flexibility index (Phi) is 5.66. The van der Waals surface area contributed by atoms with Gasteiger partial charge in [-0.1, -0.05) is 11.6 Å². The van der Waals surface area contributed by atoms with E-state index >= 15 is 0 Å². The third-order valence-corrected chi connectivity index (χ3v) is 6.54. The van der Waals surface area contributed by atoms with Gasteiger partial charge in [0.1, 0.15) is 0 Å². The van der Waals surface area contributed by atoms with E-state index in [0.29, 0.717) is 13.1 Å². The van der Waals surface area contributed by atoms with E-state index in [9.17, 15) is 13.2 Å². The first-order valence-electron chi connectivity index (χ1n) is 8.19. The van der Waals surface area contributed by atoms with E-state index in [0.717, 1.165) is 12.8 Å². The number of hydrogen-bond acceptors (Lipinski definition) is 4. The van der Waals surface area contributed by atoms with Crippen molar-refractivity contribution in [2.45, 2.75) is 51.5 Å². The molecule has 126 valence electrons. The smallest absolute Gasteiger partial charge is 0.234 e. The molecule has 1 saturated heterocycles. The van der Waals surface area contributed by atoms with Crippen LogP contribution in [0.4, 0.5) is 0 Å². The van der Waals surface area contributed by atoms with Gasteiger partial charge < -0.3 is 5.32 Å². The Bertz CT molecular complexity index is 538. The molecule has 22 heavy (non-hydrogen) atoms. The van der Waals surface area contributed by atoms with Crippen molar-refractivity contribution in [1.82, 2.24) is 10.2 Å². The molecule has 1 aliphatic carbocycles. The molecule has 1 fully saturated rings. The van der Waals surface area contributed by atoms with Crippen molar-refractivity contribution >= 4 is 15.7 Å². The fourth-order valence-electron chi connectivity index (χ4n) is 3.27. The molecule has 1 heterocycles. The SMILES string of the molecule is CC1(C)CS(=O)(=O)CCN1CC(=O)NCCC1=CCCCC1. The van der Waals surface area contributed by atoms with Crippen LogP contribution in [0.3, 0.4) is 0 Å². The van der Waals surface area contributed by atoms with Crippen LogP contribution in [-0.4, -0.2) is 55.9 Å². The lowest BCUT2D eigenvalue weighted by atomic mass is 9.97. The molecule has 2 rings (SSSR count). The first-order valence-corrected chi connectivity index (χ1v) is 10.0. The summed E-state index contributed by atoms with van der Waals surface area (Å²) in [6.45, 7) is 5.18. The lowest BCUT2D eigenvalue weighted by Crippen LogP contribution is -2.57. The van der Waals surface area contributed by atoms with Gasteiger partial charge >= 0.3 is 0 Å². The third-order valence-electron chi connectivity index (χ3n) is 4.59. The lowest BCUT2D eigenvalue weighted by Gasteiger charge is -2.41. The summed E-state index contributed by atoms with van der Waals surface area (Å²) in [5.74, 6) is 0.264. The Morgan fingerprint density at radius 3 is 2.77 bits per heavy atom. The van der Waals surface area contributed by atoms with Crippen molar-refractivity contribution < 1.29 is 13.2 Å². The molecule has 5 nitrogen and oxygen atoms in total. The molecule has 1 aliphatic heterocycles. The summed E-state index contributed by atoms with van der Waals surface area (Å²) in [6, 6.07) is 0. The van der Waals surface area contributed by atoms with Crippen molar-refractivity contribution in [1.29, 1.82) is 0 Å². The van der Waals surface area contributed by atoms with Gasteiger partial charge in [0.15, 0.2) is 9.84 Å². The highest BCUT2D eigenvalue weighted by molar-refractivity contribution is 7.91. The highest BCUT2D eigenvalue weighted by Crippen LogP contribution is 2.22. The number of nitrogens with one attached hydrogen (secondary N) is 1. The molecular formula is C16H28N2O3S. The number of amides is 1. The van der Waals surface area contributed by atoms with Gasteiger partial charge in [-0.3, -0.25) is 9.69 Å². The van der Waals surface area contributed by atoms with Crippen LogP contribution < -0.4 is 5.32 Å². The van der Waals surface area contributed by atoms with Crippen LogP contribution in [-0.2, 0) is 14.6 Å². The first-order chi connectivity index (χ1) is 10.3. The first kappa shape index (κ1) is 17.5. The van der Waals surface area contributed by atoms with Crippen LogP contribution in [0.2, 0.25) is 0 Å². The summed E-state index contributed by atoms with van der Waals surface area (Å²) in [7, 11) is -2.97. The average molecular weight is 328 g/mol. The predicted octanol–water partition coefficient (Wildman–Crippen LogP) is 1.50. The normalized spacial score (nSPS) is 24.5. The molecule has 1 amide bonds. The summed E-state index contributed by atoms with van der Waals surface area (Å²) < 4.78 is 23.4. The molecule has 0 bridgehead atoms. The molecule has 1 N–H and O–H groups in total. The minimum atomic E-state index is -2.97. The summed E-state index contributed by atoms with van der Waals surface area (Å²) in [6.07, 6.45) is 8.10. The van der Waals surface area contributed by atoms with E-state index in [-0.39, 0.29) is 24.0 Å². The molecule has 0 aromatic carbocycles. The number of carbonyl (C=O) groups excluding carboxylic acids is 1. The maximum Gasteiger partial charge on any atom is 0.234 e. The third kappa shape index (κ3) is 5.09. The van der Waals surface area contributed by atoms with Crippen LogP contribution in [0.1, 0.15) is 46.0 Å². The number of rotatable bonds is 5. The van der Waals surface area contributed by atoms with Crippen molar-refractivity contribution in [3.05, 3.63) is 11.6 Å². The molecule has 0 saturated carbocycles. The van der Waals surface area contributed by atoms with Crippen LogP contribution in [0.15, 0.2) is 11.6 Å².